The number of hydrogen-bond acceptors (Lipinski definition) is 9. The van der Waals surface area contributed by atoms with Crippen LogP contribution in [-0.4, -0.2) is 65.9 Å². The Balaban J connectivity index is 1.86. The van der Waals surface area contributed by atoms with Gasteiger partial charge in [0, 0.05) is 19.2 Å². The minimum absolute atomic E-state index is 0.0876. The van der Waals surface area contributed by atoms with Crippen molar-refractivity contribution in [2.24, 2.45) is 0 Å². The number of nitro groups is 1. The molecular weight excluding hydrogens is 414 g/mol. The Hall–Kier alpha value is -2.92. The van der Waals surface area contributed by atoms with E-state index >= 15 is 0 Å². The van der Waals surface area contributed by atoms with Gasteiger partial charge in [0.25, 0.3) is 16.8 Å². The van der Waals surface area contributed by atoms with Gasteiger partial charge >= 0.3 is 5.97 Å². The summed E-state index contributed by atoms with van der Waals surface area (Å²) in [5, 5.41) is 11.0. The molecule has 0 aromatic heterocycles. The first-order chi connectivity index (χ1) is 14.3. The molecule has 1 aromatic rings. The lowest BCUT2D eigenvalue weighted by Gasteiger charge is -2.28. The minimum Gasteiger partial charge on any atom is -0.464 e. The van der Waals surface area contributed by atoms with Gasteiger partial charge in [0.1, 0.15) is 11.7 Å². The number of anilines is 1. The fourth-order valence-electron chi connectivity index (χ4n) is 3.18. The smallest absolute Gasteiger partial charge is 0.329 e. The molecule has 1 aromatic carbocycles. The molecule has 1 atom stereocenters. The summed E-state index contributed by atoms with van der Waals surface area (Å²) in [5.41, 5.74) is 0.794. The number of morpholine rings is 1. The van der Waals surface area contributed by atoms with Crippen LogP contribution >= 0.6 is 11.8 Å². The van der Waals surface area contributed by atoms with Crippen molar-refractivity contribution in [2.45, 2.75) is 19.9 Å². The number of benzene rings is 1. The van der Waals surface area contributed by atoms with Gasteiger partial charge in [0.2, 0.25) is 0 Å². The first-order valence-corrected chi connectivity index (χ1v) is 10.2. The summed E-state index contributed by atoms with van der Waals surface area (Å²) in [7, 11) is 0. The lowest BCUT2D eigenvalue weighted by Crippen LogP contribution is -2.42. The van der Waals surface area contributed by atoms with E-state index < -0.39 is 28.1 Å². The van der Waals surface area contributed by atoms with Gasteiger partial charge in [-0.25, -0.2) is 4.79 Å². The van der Waals surface area contributed by atoms with E-state index in [0.717, 1.165) is 4.90 Å². The molecule has 160 valence electrons. The van der Waals surface area contributed by atoms with Gasteiger partial charge in [-0.2, -0.15) is 0 Å². The third-order valence-electron chi connectivity index (χ3n) is 4.68. The zero-order valence-electron chi connectivity index (χ0n) is 16.5. The van der Waals surface area contributed by atoms with Crippen LogP contribution in [0, 0.1) is 10.1 Å². The molecule has 2 saturated heterocycles. The van der Waals surface area contributed by atoms with Gasteiger partial charge in [0.15, 0.2) is 0 Å². The molecule has 2 amide bonds. The number of esters is 1. The van der Waals surface area contributed by atoms with Crippen molar-refractivity contribution in [2.75, 3.05) is 37.8 Å². The predicted octanol–water partition coefficient (Wildman–Crippen LogP) is 2.42. The predicted molar refractivity (Wildman–Crippen MR) is 110 cm³/mol. The van der Waals surface area contributed by atoms with Crippen LogP contribution in [0.25, 0.3) is 6.08 Å². The summed E-state index contributed by atoms with van der Waals surface area (Å²) in [6.45, 7) is 5.25. The zero-order chi connectivity index (χ0) is 21.8. The minimum atomic E-state index is -1.05. The molecule has 11 heteroatoms. The van der Waals surface area contributed by atoms with E-state index in [9.17, 15) is 24.5 Å². The van der Waals surface area contributed by atoms with E-state index in [0.29, 0.717) is 49.3 Å². The molecule has 0 spiro atoms. The second-order valence-electron chi connectivity index (χ2n) is 6.58. The fraction of sp³-hybridized carbons (Fsp3) is 0.421. The number of carbonyl (C=O) groups excluding carboxylic acids is 3. The van der Waals surface area contributed by atoms with E-state index in [-0.39, 0.29) is 17.2 Å². The monoisotopic (exact) mass is 435 g/mol. The average Bonchev–Trinajstić information content (AvgIpc) is 3.01. The van der Waals surface area contributed by atoms with Crippen LogP contribution in [0.4, 0.5) is 16.2 Å². The number of amides is 2. The average molecular weight is 435 g/mol. The molecule has 1 unspecified atom stereocenters. The van der Waals surface area contributed by atoms with Crippen LogP contribution in [0.3, 0.4) is 0 Å². The van der Waals surface area contributed by atoms with E-state index in [1.54, 1.807) is 19.1 Å². The maximum Gasteiger partial charge on any atom is 0.329 e. The molecule has 0 N–H and O–H groups in total. The Kier molecular flexibility index (Phi) is 6.73. The van der Waals surface area contributed by atoms with Gasteiger partial charge in [-0.3, -0.25) is 24.6 Å². The van der Waals surface area contributed by atoms with Crippen molar-refractivity contribution < 1.29 is 28.8 Å². The standard InChI is InChI=1S/C19H21N3O7S/c1-3-29-18(24)12(2)21-17(23)16(30-19(21)25)11-13-4-5-14(15(10-13)22(26)27)20-6-8-28-9-7-20/h4-5,10-12H,3,6-9H2,1-2H3/b16-11-. The molecule has 2 aliphatic heterocycles. The lowest BCUT2D eigenvalue weighted by molar-refractivity contribution is -0.384. The summed E-state index contributed by atoms with van der Waals surface area (Å²) in [6, 6.07) is 3.59. The SMILES string of the molecule is CCOC(=O)C(C)N1C(=O)S/C(=C\c2ccc(N3CCOCC3)c([N+](=O)[O-])c2)C1=O. The maximum atomic E-state index is 12.7. The third kappa shape index (κ3) is 4.46. The first kappa shape index (κ1) is 21.8. The van der Waals surface area contributed by atoms with Gasteiger partial charge in [-0.15, -0.1) is 0 Å². The number of thioether (sulfide) groups is 1. The van der Waals surface area contributed by atoms with Gasteiger partial charge in [0.05, 0.1) is 29.6 Å². The van der Waals surface area contributed by atoms with E-state index in [4.69, 9.17) is 9.47 Å². The molecule has 2 heterocycles. The second kappa shape index (κ2) is 9.26. The Morgan fingerprint density at radius 3 is 2.70 bits per heavy atom. The third-order valence-corrected chi connectivity index (χ3v) is 5.57. The fourth-order valence-corrected chi connectivity index (χ4v) is 4.09. The number of nitrogens with zero attached hydrogens (tertiary/aromatic N) is 3. The van der Waals surface area contributed by atoms with Crippen LogP contribution in [0.1, 0.15) is 19.4 Å². The van der Waals surface area contributed by atoms with Crippen LogP contribution < -0.4 is 4.90 Å². The summed E-state index contributed by atoms with van der Waals surface area (Å²) in [6.07, 6.45) is 1.42. The van der Waals surface area contributed by atoms with Crippen LogP contribution in [0.15, 0.2) is 23.1 Å². The normalized spacial score (nSPS) is 19.3. The highest BCUT2D eigenvalue weighted by Crippen LogP contribution is 2.36. The molecule has 2 fully saturated rings. The molecular formula is C19H21N3O7S. The van der Waals surface area contributed by atoms with Crippen LogP contribution in [0.2, 0.25) is 0 Å². The number of rotatable bonds is 6. The van der Waals surface area contributed by atoms with E-state index in [1.807, 2.05) is 4.90 Å². The van der Waals surface area contributed by atoms with Crippen molar-refractivity contribution >= 4 is 46.3 Å². The summed E-state index contributed by atoms with van der Waals surface area (Å²) >= 11 is 0.681. The van der Waals surface area contributed by atoms with Crippen LogP contribution in [0.5, 0.6) is 0 Å². The van der Waals surface area contributed by atoms with Crippen molar-refractivity contribution in [3.63, 3.8) is 0 Å². The van der Waals surface area contributed by atoms with Crippen LogP contribution in [-0.2, 0) is 19.1 Å². The van der Waals surface area contributed by atoms with Gasteiger partial charge in [-0.1, -0.05) is 6.07 Å². The molecule has 0 bridgehead atoms. The Morgan fingerprint density at radius 2 is 2.07 bits per heavy atom. The number of hydrogen-bond donors (Lipinski definition) is 0. The molecule has 10 nitrogen and oxygen atoms in total. The van der Waals surface area contributed by atoms with Crippen molar-refractivity contribution in [1.29, 1.82) is 0 Å². The quantitative estimate of drug-likeness (QED) is 0.287. The van der Waals surface area contributed by atoms with E-state index in [1.165, 1.54) is 19.1 Å². The number of imide groups is 1. The molecule has 0 radical (unpaired) electrons. The van der Waals surface area contributed by atoms with Crippen molar-refractivity contribution in [3.05, 3.63) is 38.8 Å². The zero-order valence-corrected chi connectivity index (χ0v) is 17.3. The number of nitro benzene ring substituents is 1. The number of carbonyl (C=O) groups is 3. The van der Waals surface area contributed by atoms with Gasteiger partial charge in [-0.05, 0) is 43.3 Å². The highest BCUT2D eigenvalue weighted by molar-refractivity contribution is 8.18. The molecule has 2 aliphatic rings. The van der Waals surface area contributed by atoms with Gasteiger partial charge < -0.3 is 14.4 Å². The molecule has 0 aliphatic carbocycles. The Labute approximate surface area is 176 Å². The highest BCUT2D eigenvalue weighted by Gasteiger charge is 2.41. The molecule has 30 heavy (non-hydrogen) atoms. The maximum absolute atomic E-state index is 12.7. The highest BCUT2D eigenvalue weighted by atomic mass is 32.2. The topological polar surface area (TPSA) is 119 Å². The van der Waals surface area contributed by atoms with E-state index in [2.05, 4.69) is 0 Å². The summed E-state index contributed by atoms with van der Waals surface area (Å²) < 4.78 is 10.2. The summed E-state index contributed by atoms with van der Waals surface area (Å²) in [4.78, 5) is 50.7. The lowest BCUT2D eigenvalue weighted by atomic mass is 10.1. The Morgan fingerprint density at radius 1 is 1.37 bits per heavy atom. The number of ether oxygens (including phenoxy) is 2. The largest absolute Gasteiger partial charge is 0.464 e. The van der Waals surface area contributed by atoms with Crippen molar-refractivity contribution in [1.82, 2.24) is 4.90 Å². The second-order valence-corrected chi connectivity index (χ2v) is 7.58. The Bertz CT molecular complexity index is 911. The van der Waals surface area contributed by atoms with Crippen molar-refractivity contribution in [3.8, 4) is 0 Å². The molecule has 3 rings (SSSR count). The summed E-state index contributed by atoms with van der Waals surface area (Å²) in [5.74, 6) is -1.31. The molecule has 0 saturated carbocycles. The first-order valence-electron chi connectivity index (χ1n) is 9.38.